The predicted octanol–water partition coefficient (Wildman–Crippen LogP) is 4.74. The van der Waals surface area contributed by atoms with Crippen molar-refractivity contribution < 1.29 is 22.8 Å². The summed E-state index contributed by atoms with van der Waals surface area (Å²) < 4.78 is 31.1. The number of halogens is 2. The first kappa shape index (κ1) is 20.2. The summed E-state index contributed by atoms with van der Waals surface area (Å²) in [4.78, 5) is 28.8. The lowest BCUT2D eigenvalue weighted by Gasteiger charge is -2.34. The lowest BCUT2D eigenvalue weighted by atomic mass is 10.2. The van der Waals surface area contributed by atoms with Crippen LogP contribution in [-0.4, -0.2) is 53.7 Å². The minimum atomic E-state index is -2.57. The molecule has 3 aromatic rings. The van der Waals surface area contributed by atoms with Crippen LogP contribution in [0.3, 0.4) is 0 Å². The fourth-order valence-corrected chi connectivity index (χ4v) is 3.91. The maximum Gasteiger partial charge on any atom is 0.321 e. The van der Waals surface area contributed by atoms with Gasteiger partial charge in [-0.25, -0.2) is 4.79 Å². The van der Waals surface area contributed by atoms with Crippen molar-refractivity contribution in [3.63, 3.8) is 0 Å². The molecule has 2 aromatic carbocycles. The number of anilines is 1. The lowest BCUT2D eigenvalue weighted by Crippen LogP contribution is -2.51. The molecule has 0 unspecified atom stereocenters. The van der Waals surface area contributed by atoms with E-state index in [-0.39, 0.29) is 17.7 Å². The average molecular weight is 431 g/mol. The zero-order valence-electron chi connectivity index (χ0n) is 15.9. The third-order valence-corrected chi connectivity index (χ3v) is 5.62. The number of para-hydroxylation sites is 2. The Hall–Kier alpha value is -3.07. The summed E-state index contributed by atoms with van der Waals surface area (Å²) >= 11 is 0.387. The number of piperazine rings is 1. The molecule has 0 atom stereocenters. The Morgan fingerprint density at radius 3 is 2.37 bits per heavy atom. The molecule has 30 heavy (non-hydrogen) atoms. The van der Waals surface area contributed by atoms with Gasteiger partial charge >= 0.3 is 6.03 Å². The first-order valence-corrected chi connectivity index (χ1v) is 10.3. The first-order valence-electron chi connectivity index (χ1n) is 9.39. The van der Waals surface area contributed by atoms with Crippen LogP contribution in [0.25, 0.3) is 11.0 Å². The van der Waals surface area contributed by atoms with Gasteiger partial charge in [-0.3, -0.25) is 4.79 Å². The minimum Gasteiger partial charge on any atom is -0.451 e. The molecule has 156 valence electrons. The molecule has 1 fully saturated rings. The van der Waals surface area contributed by atoms with E-state index in [0.717, 1.165) is 5.39 Å². The minimum absolute atomic E-state index is 0.218. The number of carbonyl (C=O) groups is 2. The SMILES string of the molecule is O=C(Nc1ccccc1SC(F)F)N1CCN(C(=O)c2cc3ccccc3o2)CC1. The number of thioether (sulfide) groups is 1. The van der Waals surface area contributed by atoms with E-state index >= 15 is 0 Å². The smallest absolute Gasteiger partial charge is 0.321 e. The zero-order valence-corrected chi connectivity index (χ0v) is 16.7. The maximum absolute atomic E-state index is 12.7. The highest BCUT2D eigenvalue weighted by atomic mass is 32.2. The fourth-order valence-electron chi connectivity index (χ4n) is 3.32. The van der Waals surface area contributed by atoms with Crippen molar-refractivity contribution in [2.24, 2.45) is 0 Å². The number of benzene rings is 2. The van der Waals surface area contributed by atoms with Gasteiger partial charge in [0.25, 0.3) is 11.7 Å². The summed E-state index contributed by atoms with van der Waals surface area (Å²) in [6.45, 7) is 1.39. The fraction of sp³-hybridized carbons (Fsp3) is 0.238. The highest BCUT2D eigenvalue weighted by molar-refractivity contribution is 7.99. The van der Waals surface area contributed by atoms with Gasteiger partial charge in [0.2, 0.25) is 0 Å². The van der Waals surface area contributed by atoms with Crippen LogP contribution in [0.15, 0.2) is 63.9 Å². The van der Waals surface area contributed by atoms with Gasteiger partial charge < -0.3 is 19.5 Å². The number of hydrogen-bond donors (Lipinski definition) is 1. The Bertz CT molecular complexity index is 1030. The predicted molar refractivity (Wildman–Crippen MR) is 111 cm³/mol. The molecule has 1 aliphatic heterocycles. The molecule has 0 bridgehead atoms. The molecule has 1 aromatic heterocycles. The molecule has 1 saturated heterocycles. The van der Waals surface area contributed by atoms with Crippen molar-refractivity contribution in [1.29, 1.82) is 0 Å². The van der Waals surface area contributed by atoms with Gasteiger partial charge in [-0.2, -0.15) is 8.78 Å². The van der Waals surface area contributed by atoms with Crippen LogP contribution < -0.4 is 5.32 Å². The lowest BCUT2D eigenvalue weighted by molar-refractivity contribution is 0.0643. The number of carbonyl (C=O) groups excluding carboxylic acids is 2. The standard InChI is InChI=1S/C21H19F2N3O3S/c22-20(23)30-18-8-4-2-6-15(18)24-21(28)26-11-9-25(10-12-26)19(27)17-13-14-5-1-3-7-16(14)29-17/h1-8,13,20H,9-12H2,(H,24,28). The number of nitrogens with one attached hydrogen (secondary N) is 1. The molecule has 1 aliphatic rings. The van der Waals surface area contributed by atoms with E-state index in [0.29, 0.717) is 54.1 Å². The molecule has 0 aliphatic carbocycles. The van der Waals surface area contributed by atoms with Crippen LogP contribution >= 0.6 is 11.8 Å². The molecule has 9 heteroatoms. The van der Waals surface area contributed by atoms with E-state index in [2.05, 4.69) is 5.32 Å². The van der Waals surface area contributed by atoms with E-state index in [4.69, 9.17) is 4.42 Å². The first-order chi connectivity index (χ1) is 14.5. The third-order valence-electron chi connectivity index (χ3n) is 4.84. The number of furan rings is 1. The van der Waals surface area contributed by atoms with Gasteiger partial charge in [-0.1, -0.05) is 42.1 Å². The van der Waals surface area contributed by atoms with Crippen molar-refractivity contribution >= 4 is 40.4 Å². The number of hydrogen-bond acceptors (Lipinski definition) is 4. The van der Waals surface area contributed by atoms with Crippen LogP contribution in [0.4, 0.5) is 19.3 Å². The van der Waals surface area contributed by atoms with Crippen LogP contribution in [0.2, 0.25) is 0 Å². The highest BCUT2D eigenvalue weighted by Gasteiger charge is 2.27. The Balaban J connectivity index is 1.36. The van der Waals surface area contributed by atoms with E-state index in [9.17, 15) is 18.4 Å². The van der Waals surface area contributed by atoms with Gasteiger partial charge in [0.1, 0.15) is 5.58 Å². The molecule has 1 N–H and O–H groups in total. The summed E-state index contributed by atoms with van der Waals surface area (Å²) in [6, 6.07) is 15.2. The second-order valence-electron chi connectivity index (χ2n) is 6.73. The van der Waals surface area contributed by atoms with Crippen LogP contribution in [-0.2, 0) is 0 Å². The van der Waals surface area contributed by atoms with E-state index < -0.39 is 5.76 Å². The van der Waals surface area contributed by atoms with E-state index in [1.807, 2.05) is 18.2 Å². The topological polar surface area (TPSA) is 65.8 Å². The Labute approximate surface area is 175 Å². The molecule has 4 rings (SSSR count). The van der Waals surface area contributed by atoms with Gasteiger partial charge in [-0.05, 0) is 24.3 Å². The number of fused-ring (bicyclic) bond motifs is 1. The van der Waals surface area contributed by atoms with Crippen molar-refractivity contribution in [2.45, 2.75) is 10.7 Å². The van der Waals surface area contributed by atoms with Gasteiger partial charge in [0.15, 0.2) is 5.76 Å². The summed E-state index contributed by atoms with van der Waals surface area (Å²) in [5.41, 5.74) is 0.993. The second-order valence-corrected chi connectivity index (χ2v) is 7.76. The number of rotatable bonds is 4. The Kier molecular flexibility index (Phi) is 5.89. The summed E-state index contributed by atoms with van der Waals surface area (Å²) in [5.74, 6) is -2.52. The number of urea groups is 1. The zero-order chi connectivity index (χ0) is 21.1. The molecule has 3 amide bonds. The number of amides is 3. The molecule has 0 spiro atoms. The third kappa shape index (κ3) is 4.40. The van der Waals surface area contributed by atoms with Crippen molar-refractivity contribution in [3.05, 3.63) is 60.4 Å². The normalized spacial score (nSPS) is 14.4. The number of nitrogens with zero attached hydrogens (tertiary/aromatic N) is 2. The average Bonchev–Trinajstić information content (AvgIpc) is 3.18. The van der Waals surface area contributed by atoms with E-state index in [1.165, 1.54) is 6.07 Å². The molecule has 0 radical (unpaired) electrons. The van der Waals surface area contributed by atoms with Crippen molar-refractivity contribution in [2.75, 3.05) is 31.5 Å². The van der Waals surface area contributed by atoms with Crippen LogP contribution in [0.1, 0.15) is 10.6 Å². The molecule has 2 heterocycles. The summed E-state index contributed by atoms with van der Waals surface area (Å²) in [7, 11) is 0. The Morgan fingerprint density at radius 1 is 0.967 bits per heavy atom. The maximum atomic E-state index is 12.7. The molecule has 0 saturated carbocycles. The summed E-state index contributed by atoms with van der Waals surface area (Å²) in [5, 5.41) is 3.55. The van der Waals surface area contributed by atoms with Crippen molar-refractivity contribution in [1.82, 2.24) is 9.80 Å². The van der Waals surface area contributed by atoms with Crippen LogP contribution in [0, 0.1) is 0 Å². The monoisotopic (exact) mass is 431 g/mol. The van der Waals surface area contributed by atoms with Gasteiger partial charge in [0.05, 0.1) is 5.69 Å². The van der Waals surface area contributed by atoms with Gasteiger partial charge in [-0.15, -0.1) is 0 Å². The van der Waals surface area contributed by atoms with Gasteiger partial charge in [0, 0.05) is 36.5 Å². The number of alkyl halides is 2. The largest absolute Gasteiger partial charge is 0.451 e. The Morgan fingerprint density at radius 2 is 1.63 bits per heavy atom. The molecule has 6 nitrogen and oxygen atoms in total. The molecular formula is C21H19F2N3O3S. The second kappa shape index (κ2) is 8.74. The van der Waals surface area contributed by atoms with Crippen LogP contribution in [0.5, 0.6) is 0 Å². The quantitative estimate of drug-likeness (QED) is 0.606. The highest BCUT2D eigenvalue weighted by Crippen LogP contribution is 2.31. The van der Waals surface area contributed by atoms with Crippen molar-refractivity contribution in [3.8, 4) is 0 Å². The van der Waals surface area contributed by atoms with E-state index in [1.54, 1.807) is 40.1 Å². The summed E-state index contributed by atoms with van der Waals surface area (Å²) in [6.07, 6.45) is 0. The molecular weight excluding hydrogens is 412 g/mol.